The summed E-state index contributed by atoms with van der Waals surface area (Å²) in [4.78, 5) is 12.3. The van der Waals surface area contributed by atoms with Crippen LogP contribution in [0.5, 0.6) is 0 Å². The van der Waals surface area contributed by atoms with Gasteiger partial charge in [0.15, 0.2) is 0 Å². The summed E-state index contributed by atoms with van der Waals surface area (Å²) in [6, 6.07) is 8.94. The number of nitrogens with one attached hydrogen (secondary N) is 1. The van der Waals surface area contributed by atoms with Crippen molar-refractivity contribution < 1.29 is 9.31 Å². The van der Waals surface area contributed by atoms with Gasteiger partial charge < -0.3 is 10.2 Å². The Morgan fingerprint density at radius 1 is 1.24 bits per heavy atom. The van der Waals surface area contributed by atoms with Gasteiger partial charge in [-0.05, 0) is 37.9 Å². The SMILES string of the molecule is CN(C)C(CNCc1ccc(Cl)c([N+](=O)[O-])c1)c1c(F)cccc1Cl. The van der Waals surface area contributed by atoms with Crippen molar-refractivity contribution in [2.24, 2.45) is 0 Å². The smallest absolute Gasteiger partial charge is 0.288 e. The highest BCUT2D eigenvalue weighted by Gasteiger charge is 2.21. The molecule has 0 saturated heterocycles. The number of hydrogen-bond donors (Lipinski definition) is 1. The van der Waals surface area contributed by atoms with Crippen LogP contribution in [0.1, 0.15) is 17.2 Å². The second-order valence-electron chi connectivity index (χ2n) is 5.79. The lowest BCUT2D eigenvalue weighted by atomic mass is 10.0. The van der Waals surface area contributed by atoms with Crippen molar-refractivity contribution in [3.63, 3.8) is 0 Å². The average molecular weight is 386 g/mol. The van der Waals surface area contributed by atoms with Gasteiger partial charge in [-0.2, -0.15) is 0 Å². The van der Waals surface area contributed by atoms with Crippen LogP contribution in [0, 0.1) is 15.9 Å². The third kappa shape index (κ3) is 4.89. The van der Waals surface area contributed by atoms with Crippen LogP contribution >= 0.6 is 23.2 Å². The lowest BCUT2D eigenvalue weighted by Crippen LogP contribution is -2.31. The lowest BCUT2D eigenvalue weighted by Gasteiger charge is -2.26. The summed E-state index contributed by atoms with van der Waals surface area (Å²) in [6.45, 7) is 0.804. The molecule has 0 radical (unpaired) electrons. The molecule has 0 aromatic heterocycles. The minimum atomic E-state index is -0.520. The second-order valence-corrected chi connectivity index (χ2v) is 6.60. The summed E-state index contributed by atoms with van der Waals surface area (Å²) < 4.78 is 14.2. The zero-order valence-corrected chi connectivity index (χ0v) is 15.3. The standard InChI is InChI=1S/C17H18Cl2FN3O2/c1-22(2)16(17-13(19)4-3-5-14(17)20)10-21-9-11-6-7-12(18)15(8-11)23(24)25/h3-8,16,21H,9-10H2,1-2H3. The van der Waals surface area contributed by atoms with E-state index in [2.05, 4.69) is 5.32 Å². The first-order chi connectivity index (χ1) is 11.8. The van der Waals surface area contributed by atoms with Gasteiger partial charge in [-0.1, -0.05) is 35.3 Å². The summed E-state index contributed by atoms with van der Waals surface area (Å²) >= 11 is 12.0. The van der Waals surface area contributed by atoms with E-state index in [1.165, 1.54) is 18.2 Å². The van der Waals surface area contributed by atoms with Crippen LogP contribution in [-0.4, -0.2) is 30.5 Å². The van der Waals surface area contributed by atoms with Crippen molar-refractivity contribution in [2.45, 2.75) is 12.6 Å². The zero-order valence-electron chi connectivity index (χ0n) is 13.8. The molecule has 0 spiro atoms. The number of rotatable bonds is 7. The molecular formula is C17H18Cl2FN3O2. The predicted octanol–water partition coefficient (Wildman–Crippen LogP) is 4.43. The second kappa shape index (κ2) is 8.58. The molecule has 1 unspecified atom stereocenters. The Balaban J connectivity index is 2.11. The van der Waals surface area contributed by atoms with Crippen LogP contribution in [0.15, 0.2) is 36.4 Å². The number of nitrogens with zero attached hydrogens (tertiary/aromatic N) is 2. The van der Waals surface area contributed by atoms with Crippen LogP contribution in [0.25, 0.3) is 0 Å². The first kappa shape index (κ1) is 19.6. The number of hydrogen-bond acceptors (Lipinski definition) is 4. The van der Waals surface area contributed by atoms with Crippen LogP contribution in [0.3, 0.4) is 0 Å². The highest BCUT2D eigenvalue weighted by Crippen LogP contribution is 2.29. The van der Waals surface area contributed by atoms with E-state index >= 15 is 0 Å². The Hall–Kier alpha value is -1.73. The maximum absolute atomic E-state index is 14.2. The Labute approximate surface area is 155 Å². The minimum Gasteiger partial charge on any atom is -0.311 e. The molecule has 0 fully saturated rings. The van der Waals surface area contributed by atoms with Gasteiger partial charge >= 0.3 is 0 Å². The number of nitro benzene ring substituents is 1. The lowest BCUT2D eigenvalue weighted by molar-refractivity contribution is -0.384. The fraction of sp³-hybridized carbons (Fsp3) is 0.294. The number of benzene rings is 2. The van der Waals surface area contributed by atoms with Crippen LogP contribution in [0.4, 0.5) is 10.1 Å². The first-order valence-corrected chi connectivity index (χ1v) is 8.30. The van der Waals surface area contributed by atoms with E-state index < -0.39 is 4.92 Å². The van der Waals surface area contributed by atoms with Gasteiger partial charge in [-0.25, -0.2) is 4.39 Å². The van der Waals surface area contributed by atoms with Crippen LogP contribution in [-0.2, 0) is 6.54 Å². The summed E-state index contributed by atoms with van der Waals surface area (Å²) in [7, 11) is 3.67. The molecule has 0 heterocycles. The van der Waals surface area contributed by atoms with Gasteiger partial charge in [0.2, 0.25) is 0 Å². The Kier molecular flexibility index (Phi) is 6.72. The minimum absolute atomic E-state index is 0.0954. The van der Waals surface area contributed by atoms with E-state index in [0.717, 1.165) is 0 Å². The molecule has 1 N–H and O–H groups in total. The monoisotopic (exact) mass is 385 g/mol. The van der Waals surface area contributed by atoms with Crippen molar-refractivity contribution >= 4 is 28.9 Å². The largest absolute Gasteiger partial charge is 0.311 e. The maximum Gasteiger partial charge on any atom is 0.288 e. The van der Waals surface area contributed by atoms with Crippen LogP contribution < -0.4 is 5.32 Å². The number of likely N-dealkylation sites (N-methyl/N-ethyl adjacent to an activating group) is 1. The molecule has 0 aliphatic carbocycles. The van der Waals surface area contributed by atoms with E-state index in [0.29, 0.717) is 29.2 Å². The molecule has 25 heavy (non-hydrogen) atoms. The molecular weight excluding hydrogens is 368 g/mol. The van der Waals surface area contributed by atoms with Gasteiger partial charge in [0.25, 0.3) is 5.69 Å². The van der Waals surface area contributed by atoms with Gasteiger partial charge in [-0.15, -0.1) is 0 Å². The topological polar surface area (TPSA) is 58.4 Å². The van der Waals surface area contributed by atoms with Gasteiger partial charge in [0.05, 0.1) is 11.0 Å². The Morgan fingerprint density at radius 2 is 1.96 bits per heavy atom. The molecule has 0 amide bonds. The van der Waals surface area contributed by atoms with Gasteiger partial charge in [0.1, 0.15) is 10.8 Å². The van der Waals surface area contributed by atoms with E-state index in [1.807, 2.05) is 19.0 Å². The van der Waals surface area contributed by atoms with Crippen molar-refractivity contribution in [3.8, 4) is 0 Å². The molecule has 8 heteroatoms. The molecule has 134 valence electrons. The van der Waals surface area contributed by atoms with Crippen molar-refractivity contribution in [1.82, 2.24) is 10.2 Å². The molecule has 0 aliphatic rings. The van der Waals surface area contributed by atoms with Crippen LogP contribution in [0.2, 0.25) is 10.0 Å². The maximum atomic E-state index is 14.2. The predicted molar refractivity (Wildman–Crippen MR) is 97.7 cm³/mol. The highest BCUT2D eigenvalue weighted by atomic mass is 35.5. The third-order valence-corrected chi connectivity index (χ3v) is 4.48. The number of halogens is 3. The normalized spacial score (nSPS) is 12.4. The fourth-order valence-electron chi connectivity index (χ4n) is 2.53. The van der Waals surface area contributed by atoms with Gasteiger partial charge in [0, 0.05) is 29.7 Å². The van der Waals surface area contributed by atoms with Gasteiger partial charge in [-0.3, -0.25) is 10.1 Å². The summed E-state index contributed by atoms with van der Waals surface area (Å²) in [5.41, 5.74) is 0.999. The highest BCUT2D eigenvalue weighted by molar-refractivity contribution is 6.32. The first-order valence-electron chi connectivity index (χ1n) is 7.55. The molecule has 0 aliphatic heterocycles. The molecule has 2 rings (SSSR count). The molecule has 0 bridgehead atoms. The van der Waals surface area contributed by atoms with Crippen molar-refractivity contribution in [3.05, 3.63) is 73.5 Å². The summed E-state index contributed by atoms with van der Waals surface area (Å²) in [6.07, 6.45) is 0. The van der Waals surface area contributed by atoms with Crippen molar-refractivity contribution in [2.75, 3.05) is 20.6 Å². The zero-order chi connectivity index (χ0) is 18.6. The molecule has 2 aromatic carbocycles. The Bertz CT molecular complexity index is 751. The fourth-order valence-corrected chi connectivity index (χ4v) is 3.01. The molecule has 1 atom stereocenters. The average Bonchev–Trinajstić information content (AvgIpc) is 2.54. The summed E-state index contributed by atoms with van der Waals surface area (Å²) in [5.74, 6) is -0.366. The van der Waals surface area contributed by atoms with E-state index in [9.17, 15) is 14.5 Å². The van der Waals surface area contributed by atoms with E-state index in [1.54, 1.807) is 18.2 Å². The molecule has 0 saturated carbocycles. The third-order valence-electron chi connectivity index (χ3n) is 3.83. The summed E-state index contributed by atoms with van der Waals surface area (Å²) in [5, 5.41) is 14.6. The van der Waals surface area contributed by atoms with E-state index in [4.69, 9.17) is 23.2 Å². The Morgan fingerprint density at radius 3 is 2.56 bits per heavy atom. The quantitative estimate of drug-likeness (QED) is 0.565. The van der Waals surface area contributed by atoms with E-state index in [-0.39, 0.29) is 22.6 Å². The van der Waals surface area contributed by atoms with Crippen molar-refractivity contribution in [1.29, 1.82) is 0 Å². The molecule has 2 aromatic rings. The molecule has 5 nitrogen and oxygen atoms in total. The number of nitro groups is 1.